The van der Waals surface area contributed by atoms with Gasteiger partial charge in [0.25, 0.3) is 0 Å². The van der Waals surface area contributed by atoms with Crippen LogP contribution in [0, 0.1) is 0 Å². The van der Waals surface area contributed by atoms with E-state index in [0.717, 1.165) is 24.2 Å². The van der Waals surface area contributed by atoms with Crippen molar-refractivity contribution in [2.45, 2.75) is 13.0 Å². The third kappa shape index (κ3) is 3.90. The van der Waals surface area contributed by atoms with Crippen molar-refractivity contribution >= 4 is 5.97 Å². The van der Waals surface area contributed by atoms with E-state index in [4.69, 9.17) is 4.74 Å². The molecule has 20 heavy (non-hydrogen) atoms. The highest BCUT2D eigenvalue weighted by Gasteiger charge is 2.09. The molecule has 0 fully saturated rings. The number of nitrogens with one attached hydrogen (secondary N) is 1. The first-order chi connectivity index (χ1) is 9.81. The number of hydrogen-bond acceptors (Lipinski definition) is 4. The second-order valence-electron chi connectivity index (χ2n) is 4.40. The summed E-state index contributed by atoms with van der Waals surface area (Å²) in [5.41, 5.74) is 2.61. The lowest BCUT2D eigenvalue weighted by molar-refractivity contribution is 0.0599. The number of nitrogens with zero attached hydrogens (tertiary/aromatic N) is 1. The van der Waals surface area contributed by atoms with Crippen LogP contribution in [-0.4, -0.2) is 24.6 Å². The van der Waals surface area contributed by atoms with Gasteiger partial charge in [0.1, 0.15) is 0 Å². The summed E-state index contributed by atoms with van der Waals surface area (Å²) in [6, 6.07) is 13.4. The van der Waals surface area contributed by atoms with Crippen molar-refractivity contribution in [2.24, 2.45) is 0 Å². The maximum Gasteiger partial charge on any atom is 0.338 e. The van der Waals surface area contributed by atoms with Crippen LogP contribution in [0.15, 0.2) is 48.7 Å². The highest BCUT2D eigenvalue weighted by atomic mass is 16.5. The number of aromatic nitrogens is 1. The van der Waals surface area contributed by atoms with E-state index in [1.807, 2.05) is 36.4 Å². The van der Waals surface area contributed by atoms with Gasteiger partial charge < -0.3 is 10.1 Å². The van der Waals surface area contributed by atoms with Crippen LogP contribution in [0.3, 0.4) is 0 Å². The Bertz CT molecular complexity index is 555. The molecule has 0 radical (unpaired) electrons. The molecule has 0 saturated carbocycles. The van der Waals surface area contributed by atoms with Gasteiger partial charge in [-0.25, -0.2) is 4.79 Å². The first-order valence-corrected chi connectivity index (χ1v) is 6.58. The van der Waals surface area contributed by atoms with Crippen molar-refractivity contribution in [1.29, 1.82) is 0 Å². The van der Waals surface area contributed by atoms with Crippen molar-refractivity contribution < 1.29 is 9.53 Å². The molecular weight excluding hydrogens is 252 g/mol. The fourth-order valence-electron chi connectivity index (χ4n) is 1.97. The van der Waals surface area contributed by atoms with Crippen molar-refractivity contribution in [3.05, 3.63) is 65.5 Å². The minimum atomic E-state index is -0.299. The lowest BCUT2D eigenvalue weighted by Crippen LogP contribution is -2.19. The zero-order valence-corrected chi connectivity index (χ0v) is 11.5. The van der Waals surface area contributed by atoms with Gasteiger partial charge in [0.05, 0.1) is 12.7 Å². The lowest BCUT2D eigenvalue weighted by Gasteiger charge is -2.09. The largest absolute Gasteiger partial charge is 0.465 e. The first-order valence-electron chi connectivity index (χ1n) is 6.58. The van der Waals surface area contributed by atoms with Crippen LogP contribution in [0.1, 0.15) is 21.6 Å². The highest BCUT2D eigenvalue weighted by molar-refractivity contribution is 5.90. The smallest absolute Gasteiger partial charge is 0.338 e. The van der Waals surface area contributed by atoms with Gasteiger partial charge in [0, 0.05) is 31.4 Å². The highest BCUT2D eigenvalue weighted by Crippen LogP contribution is 2.09. The fraction of sp³-hybridized carbons (Fsp3) is 0.250. The van der Waals surface area contributed by atoms with E-state index in [9.17, 15) is 4.79 Å². The van der Waals surface area contributed by atoms with Crippen LogP contribution in [0.5, 0.6) is 0 Å². The Morgan fingerprint density at radius 1 is 1.20 bits per heavy atom. The van der Waals surface area contributed by atoms with E-state index >= 15 is 0 Å². The summed E-state index contributed by atoms with van der Waals surface area (Å²) in [5.74, 6) is -0.299. The standard InChI is InChI=1S/C16H18N2O2/c1-20-16(19)15-8-3-2-6-13(15)12-17-11-9-14-7-4-5-10-18-14/h2-8,10,17H,9,11-12H2,1H3. The van der Waals surface area contributed by atoms with Gasteiger partial charge >= 0.3 is 5.97 Å². The molecular formula is C16H18N2O2. The number of ether oxygens (including phenoxy) is 1. The molecule has 0 saturated heterocycles. The van der Waals surface area contributed by atoms with Crippen molar-refractivity contribution in [2.75, 3.05) is 13.7 Å². The number of hydrogen-bond donors (Lipinski definition) is 1. The van der Waals surface area contributed by atoms with Crippen LogP contribution < -0.4 is 5.32 Å². The van der Waals surface area contributed by atoms with Crippen LogP contribution >= 0.6 is 0 Å². The summed E-state index contributed by atoms with van der Waals surface area (Å²) in [7, 11) is 1.40. The number of benzene rings is 1. The van der Waals surface area contributed by atoms with E-state index in [0.29, 0.717) is 12.1 Å². The van der Waals surface area contributed by atoms with E-state index in [1.54, 1.807) is 12.3 Å². The van der Waals surface area contributed by atoms with Gasteiger partial charge in [-0.3, -0.25) is 4.98 Å². The summed E-state index contributed by atoms with van der Waals surface area (Å²) in [5, 5.41) is 3.32. The molecule has 104 valence electrons. The molecule has 2 aromatic rings. The summed E-state index contributed by atoms with van der Waals surface area (Å²) >= 11 is 0. The molecule has 1 N–H and O–H groups in total. The van der Waals surface area contributed by atoms with Gasteiger partial charge in [-0.1, -0.05) is 24.3 Å². The van der Waals surface area contributed by atoms with Crippen LogP contribution in [0.25, 0.3) is 0 Å². The molecule has 0 spiro atoms. The van der Waals surface area contributed by atoms with Gasteiger partial charge in [-0.15, -0.1) is 0 Å². The lowest BCUT2D eigenvalue weighted by atomic mass is 10.1. The summed E-state index contributed by atoms with van der Waals surface area (Å²) in [6.07, 6.45) is 2.66. The maximum absolute atomic E-state index is 11.6. The van der Waals surface area contributed by atoms with Crippen LogP contribution in [0.2, 0.25) is 0 Å². The van der Waals surface area contributed by atoms with E-state index in [1.165, 1.54) is 7.11 Å². The molecule has 0 aliphatic rings. The van der Waals surface area contributed by atoms with Crippen LogP contribution in [-0.2, 0) is 17.7 Å². The average Bonchev–Trinajstić information content (AvgIpc) is 2.52. The molecule has 2 rings (SSSR count). The van der Waals surface area contributed by atoms with Gasteiger partial charge in [-0.2, -0.15) is 0 Å². The Morgan fingerprint density at radius 2 is 2.00 bits per heavy atom. The maximum atomic E-state index is 11.6. The number of carbonyl (C=O) groups excluding carboxylic acids is 1. The molecule has 0 amide bonds. The van der Waals surface area contributed by atoms with E-state index < -0.39 is 0 Å². The zero-order chi connectivity index (χ0) is 14.2. The Balaban J connectivity index is 1.87. The predicted octanol–water partition coefficient (Wildman–Crippen LogP) is 2.20. The normalized spacial score (nSPS) is 10.2. The van der Waals surface area contributed by atoms with Gasteiger partial charge in [-0.05, 0) is 23.8 Å². The minimum Gasteiger partial charge on any atom is -0.465 e. The molecule has 0 atom stereocenters. The fourth-order valence-corrected chi connectivity index (χ4v) is 1.97. The van der Waals surface area contributed by atoms with Crippen molar-refractivity contribution in [3.8, 4) is 0 Å². The predicted molar refractivity (Wildman–Crippen MR) is 77.4 cm³/mol. The quantitative estimate of drug-likeness (QED) is 0.646. The number of pyridine rings is 1. The monoisotopic (exact) mass is 270 g/mol. The molecule has 0 aliphatic heterocycles. The Kier molecular flexibility index (Phi) is 5.26. The number of methoxy groups -OCH3 is 1. The molecule has 4 heteroatoms. The molecule has 0 bridgehead atoms. The van der Waals surface area contributed by atoms with Gasteiger partial charge in [0.15, 0.2) is 0 Å². The summed E-state index contributed by atoms with van der Waals surface area (Å²) in [6.45, 7) is 1.45. The average molecular weight is 270 g/mol. The first kappa shape index (κ1) is 14.2. The molecule has 0 unspecified atom stereocenters. The second kappa shape index (κ2) is 7.40. The van der Waals surface area contributed by atoms with E-state index in [-0.39, 0.29) is 5.97 Å². The number of rotatable bonds is 6. The zero-order valence-electron chi connectivity index (χ0n) is 11.5. The minimum absolute atomic E-state index is 0.299. The van der Waals surface area contributed by atoms with E-state index in [2.05, 4.69) is 10.3 Å². The van der Waals surface area contributed by atoms with Crippen LogP contribution in [0.4, 0.5) is 0 Å². The van der Waals surface area contributed by atoms with Crippen molar-refractivity contribution in [1.82, 2.24) is 10.3 Å². The molecule has 0 aliphatic carbocycles. The Morgan fingerprint density at radius 3 is 2.75 bits per heavy atom. The molecule has 4 nitrogen and oxygen atoms in total. The number of carbonyl (C=O) groups is 1. The molecule has 1 aromatic heterocycles. The SMILES string of the molecule is COC(=O)c1ccccc1CNCCc1ccccn1. The molecule has 1 heterocycles. The van der Waals surface area contributed by atoms with Crippen molar-refractivity contribution in [3.63, 3.8) is 0 Å². The summed E-state index contributed by atoms with van der Waals surface area (Å²) in [4.78, 5) is 15.9. The topological polar surface area (TPSA) is 51.2 Å². The third-order valence-electron chi connectivity index (χ3n) is 3.02. The number of esters is 1. The third-order valence-corrected chi connectivity index (χ3v) is 3.02. The van der Waals surface area contributed by atoms with Gasteiger partial charge in [0.2, 0.25) is 0 Å². The molecule has 1 aromatic carbocycles. The Labute approximate surface area is 118 Å². The summed E-state index contributed by atoms with van der Waals surface area (Å²) < 4.78 is 4.78. The Hall–Kier alpha value is -2.20. The second-order valence-corrected chi connectivity index (χ2v) is 4.40.